The van der Waals surface area contributed by atoms with E-state index in [9.17, 15) is 19.6 Å². The molecule has 3 aromatic rings. The maximum atomic E-state index is 13.8. The van der Waals surface area contributed by atoms with E-state index in [0.29, 0.717) is 18.4 Å². The molecule has 0 unspecified atom stereocenters. The number of benzene rings is 1. The number of nitriles is 1. The summed E-state index contributed by atoms with van der Waals surface area (Å²) >= 11 is 0. The van der Waals surface area contributed by atoms with Crippen molar-refractivity contribution in [3.05, 3.63) is 48.2 Å². The van der Waals surface area contributed by atoms with Crippen LogP contribution in [-0.4, -0.2) is 67.8 Å². The fourth-order valence-electron chi connectivity index (χ4n) is 5.28. The van der Waals surface area contributed by atoms with E-state index in [1.165, 1.54) is 0 Å². The number of aromatic nitrogens is 3. The number of fused-ring (bicyclic) bond motifs is 1. The van der Waals surface area contributed by atoms with Crippen molar-refractivity contribution in [3.8, 4) is 11.9 Å². The lowest BCUT2D eigenvalue weighted by Gasteiger charge is -2.41. The zero-order chi connectivity index (χ0) is 35.5. The molecule has 0 atom stereocenters. The van der Waals surface area contributed by atoms with Gasteiger partial charge >= 0.3 is 18.3 Å². The summed E-state index contributed by atoms with van der Waals surface area (Å²) in [5, 5.41) is 15.2. The van der Waals surface area contributed by atoms with Gasteiger partial charge in [0, 0.05) is 19.3 Å². The molecule has 1 saturated heterocycles. The molecule has 0 spiro atoms. The topological polar surface area (TPSA) is 149 Å². The van der Waals surface area contributed by atoms with Crippen LogP contribution in [0, 0.1) is 11.3 Å². The predicted molar refractivity (Wildman–Crippen MR) is 178 cm³/mol. The van der Waals surface area contributed by atoms with E-state index in [0.717, 1.165) is 10.5 Å². The normalized spacial score (nSPS) is 15.0. The molecule has 1 aromatic carbocycles. The van der Waals surface area contributed by atoms with Crippen LogP contribution in [0.5, 0.6) is 5.88 Å². The van der Waals surface area contributed by atoms with E-state index in [1.54, 1.807) is 84.2 Å². The third kappa shape index (κ3) is 8.73. The van der Waals surface area contributed by atoms with Crippen molar-refractivity contribution in [3.63, 3.8) is 0 Å². The van der Waals surface area contributed by atoms with Crippen molar-refractivity contribution in [1.29, 1.82) is 5.26 Å². The van der Waals surface area contributed by atoms with Crippen molar-refractivity contribution in [2.75, 3.05) is 18.0 Å². The number of carbonyl (C=O) groups excluding carboxylic acids is 3. The van der Waals surface area contributed by atoms with Gasteiger partial charge in [-0.3, -0.25) is 4.68 Å². The molecule has 4 rings (SSSR count). The highest BCUT2D eigenvalue weighted by atomic mass is 16.6. The summed E-state index contributed by atoms with van der Waals surface area (Å²) in [6, 6.07) is 13.5. The number of amides is 3. The molecule has 1 aliphatic heterocycles. The van der Waals surface area contributed by atoms with Crippen LogP contribution in [0.4, 0.5) is 20.2 Å². The molecule has 0 bridgehead atoms. The summed E-state index contributed by atoms with van der Waals surface area (Å²) < 4.78 is 24.8. The highest BCUT2D eigenvalue weighted by molar-refractivity contribution is 6.14. The van der Waals surface area contributed by atoms with Crippen LogP contribution in [0.1, 0.15) is 87.1 Å². The summed E-state index contributed by atoms with van der Waals surface area (Å²) in [5.74, 6) is 0.00423. The van der Waals surface area contributed by atoms with Gasteiger partial charge in [0.25, 0.3) is 0 Å². The van der Waals surface area contributed by atoms with Gasteiger partial charge in [-0.2, -0.15) is 15.3 Å². The summed E-state index contributed by atoms with van der Waals surface area (Å²) in [5.41, 5.74) is -2.16. The molecule has 13 nitrogen and oxygen atoms in total. The van der Waals surface area contributed by atoms with Crippen LogP contribution in [0.25, 0.3) is 10.9 Å². The number of ether oxygens (including phenoxy) is 4. The predicted octanol–water partition coefficient (Wildman–Crippen LogP) is 7.33. The molecule has 258 valence electrons. The minimum atomic E-state index is -1.00. The number of likely N-dealkylation sites (tertiary alicyclic amines) is 1. The Morgan fingerprint density at radius 2 is 1.44 bits per heavy atom. The van der Waals surface area contributed by atoms with Crippen LogP contribution in [0.15, 0.2) is 42.6 Å². The number of hydrogen-bond acceptors (Lipinski definition) is 10. The van der Waals surface area contributed by atoms with Crippen LogP contribution in [-0.2, 0) is 26.4 Å². The largest absolute Gasteiger partial charge is 0.472 e. The van der Waals surface area contributed by atoms with Crippen molar-refractivity contribution >= 4 is 35.0 Å². The monoisotopic (exact) mass is 662 g/mol. The standard InChI is InChI=1S/C35H46N6O7/c1-32(2,3)46-29(42)39-21-17-35(16-19-36,18-22-39)41-25-15-20-37-28(45-23-24-13-11-10-12-14-24)26(25)27(38-41)40(30(43)47-33(4,5)6)31(44)48-34(7,8)9/h10-15,20H,16-18,21-23H2,1-9H3. The molecule has 3 amide bonds. The van der Waals surface area contributed by atoms with Crippen LogP contribution >= 0.6 is 0 Å². The number of pyridine rings is 1. The Balaban J connectivity index is 1.89. The molecular formula is C35H46N6O7. The highest BCUT2D eigenvalue weighted by Crippen LogP contribution is 2.42. The van der Waals surface area contributed by atoms with Crippen LogP contribution in [0.2, 0.25) is 0 Å². The van der Waals surface area contributed by atoms with Crippen LogP contribution < -0.4 is 9.64 Å². The average Bonchev–Trinajstić information content (AvgIpc) is 3.35. The molecule has 1 aliphatic rings. The third-order valence-electron chi connectivity index (χ3n) is 7.33. The first-order chi connectivity index (χ1) is 22.3. The Bertz CT molecular complexity index is 1640. The summed E-state index contributed by atoms with van der Waals surface area (Å²) in [4.78, 5) is 47.4. The average molecular weight is 663 g/mol. The lowest BCUT2D eigenvalue weighted by Crippen LogP contribution is -2.49. The summed E-state index contributed by atoms with van der Waals surface area (Å²) in [6.45, 7) is 16.2. The van der Waals surface area contributed by atoms with Gasteiger partial charge in [-0.05, 0) is 86.8 Å². The van der Waals surface area contributed by atoms with Gasteiger partial charge in [0.05, 0.1) is 23.5 Å². The first-order valence-corrected chi connectivity index (χ1v) is 16.0. The van der Waals surface area contributed by atoms with Gasteiger partial charge in [0.15, 0.2) is 5.82 Å². The molecule has 3 heterocycles. The molecule has 2 aromatic heterocycles. The third-order valence-corrected chi connectivity index (χ3v) is 7.33. The molecule has 48 heavy (non-hydrogen) atoms. The summed E-state index contributed by atoms with van der Waals surface area (Å²) in [6.07, 6.45) is -0.181. The van der Waals surface area contributed by atoms with E-state index in [4.69, 9.17) is 24.0 Å². The first-order valence-electron chi connectivity index (χ1n) is 16.0. The van der Waals surface area contributed by atoms with Gasteiger partial charge in [0.1, 0.15) is 28.8 Å². The van der Waals surface area contributed by atoms with Gasteiger partial charge in [-0.25, -0.2) is 19.4 Å². The van der Waals surface area contributed by atoms with E-state index in [1.807, 2.05) is 30.3 Å². The van der Waals surface area contributed by atoms with Crippen molar-refractivity contribution in [1.82, 2.24) is 19.7 Å². The van der Waals surface area contributed by atoms with E-state index >= 15 is 0 Å². The number of carbonyl (C=O) groups is 3. The molecule has 1 fully saturated rings. The van der Waals surface area contributed by atoms with Gasteiger partial charge in [-0.15, -0.1) is 0 Å². The number of imide groups is 1. The van der Waals surface area contributed by atoms with Gasteiger partial charge in [-0.1, -0.05) is 30.3 Å². The number of anilines is 1. The van der Waals surface area contributed by atoms with Gasteiger partial charge in [0.2, 0.25) is 5.88 Å². The van der Waals surface area contributed by atoms with E-state index < -0.39 is 40.6 Å². The number of piperidine rings is 1. The minimum absolute atomic E-state index is 0.0345. The van der Waals surface area contributed by atoms with Crippen molar-refractivity contribution in [2.45, 2.75) is 111 Å². The fraction of sp³-hybridized carbons (Fsp3) is 0.543. The second-order valence-electron chi connectivity index (χ2n) is 14.8. The number of hydrogen-bond donors (Lipinski definition) is 0. The molecule has 13 heteroatoms. The maximum Gasteiger partial charge on any atom is 0.425 e. The number of nitrogens with zero attached hydrogens (tertiary/aromatic N) is 6. The quantitative estimate of drug-likeness (QED) is 0.246. The molecule has 0 saturated carbocycles. The lowest BCUT2D eigenvalue weighted by atomic mass is 9.85. The zero-order valence-corrected chi connectivity index (χ0v) is 29.3. The maximum absolute atomic E-state index is 13.8. The molecular weight excluding hydrogens is 616 g/mol. The Hall–Kier alpha value is -4.86. The SMILES string of the molecule is CC(C)(C)OC(=O)N1CCC(CC#N)(n2nc(N(C(=O)OC(C)(C)C)C(=O)OC(C)(C)C)c3c(OCc4ccccc4)nccc32)CC1. The Morgan fingerprint density at radius 3 is 1.96 bits per heavy atom. The minimum Gasteiger partial charge on any atom is -0.472 e. The Labute approximate surface area is 281 Å². The van der Waals surface area contributed by atoms with E-state index in [-0.39, 0.29) is 43.2 Å². The van der Waals surface area contributed by atoms with Crippen molar-refractivity contribution in [2.24, 2.45) is 0 Å². The van der Waals surface area contributed by atoms with Crippen molar-refractivity contribution < 1.29 is 33.3 Å². The zero-order valence-electron chi connectivity index (χ0n) is 29.3. The molecule has 0 N–H and O–H groups in total. The van der Waals surface area contributed by atoms with Crippen LogP contribution in [0.3, 0.4) is 0 Å². The second kappa shape index (κ2) is 13.7. The lowest BCUT2D eigenvalue weighted by molar-refractivity contribution is 0.0108. The first kappa shape index (κ1) is 36.0. The van der Waals surface area contributed by atoms with Gasteiger partial charge < -0.3 is 23.8 Å². The molecule has 0 radical (unpaired) electrons. The molecule has 0 aliphatic carbocycles. The summed E-state index contributed by atoms with van der Waals surface area (Å²) in [7, 11) is 0. The Kier molecular flexibility index (Phi) is 10.3. The second-order valence-corrected chi connectivity index (χ2v) is 14.8. The fourth-order valence-corrected chi connectivity index (χ4v) is 5.28. The Morgan fingerprint density at radius 1 is 0.875 bits per heavy atom. The highest BCUT2D eigenvalue weighted by Gasteiger charge is 2.44. The van der Waals surface area contributed by atoms with E-state index in [2.05, 4.69) is 11.1 Å². The number of rotatable bonds is 6. The smallest absolute Gasteiger partial charge is 0.425 e.